The average Bonchev–Trinajstić information content (AvgIpc) is 2.38. The molecule has 20 heavy (non-hydrogen) atoms. The Morgan fingerprint density at radius 1 is 1.45 bits per heavy atom. The van der Waals surface area contributed by atoms with Crippen LogP contribution in [0, 0.1) is 18.7 Å². The van der Waals surface area contributed by atoms with Crippen LogP contribution < -0.4 is 10.5 Å². The molecule has 114 valence electrons. The third-order valence-electron chi connectivity index (χ3n) is 3.29. The lowest BCUT2D eigenvalue weighted by Crippen LogP contribution is -2.30. The number of halogens is 1. The summed E-state index contributed by atoms with van der Waals surface area (Å²) >= 11 is 0. The number of sulfonamides is 1. The van der Waals surface area contributed by atoms with Gasteiger partial charge in [-0.1, -0.05) is 13.3 Å². The Bertz CT molecular complexity index is 561. The number of aryl methyl sites for hydroxylation is 1. The Kier molecular flexibility index (Phi) is 5.91. The molecule has 0 spiro atoms. The van der Waals surface area contributed by atoms with Gasteiger partial charge in [0.1, 0.15) is 10.7 Å². The number of anilines is 1. The highest BCUT2D eigenvalue weighted by atomic mass is 32.2. The van der Waals surface area contributed by atoms with Crippen molar-refractivity contribution in [2.24, 2.45) is 5.92 Å². The van der Waals surface area contributed by atoms with Crippen LogP contribution in [-0.4, -0.2) is 26.7 Å². The van der Waals surface area contributed by atoms with Gasteiger partial charge in [0, 0.05) is 18.8 Å². The fourth-order valence-corrected chi connectivity index (χ4v) is 3.02. The molecule has 7 heteroatoms. The van der Waals surface area contributed by atoms with Gasteiger partial charge in [-0.3, -0.25) is 0 Å². The Morgan fingerprint density at radius 3 is 2.65 bits per heavy atom. The first-order valence-corrected chi connectivity index (χ1v) is 7.96. The van der Waals surface area contributed by atoms with Gasteiger partial charge >= 0.3 is 0 Å². The molecule has 1 rings (SSSR count). The van der Waals surface area contributed by atoms with Gasteiger partial charge in [0.15, 0.2) is 0 Å². The monoisotopic (exact) mass is 304 g/mol. The van der Waals surface area contributed by atoms with Crippen LogP contribution in [-0.2, 0) is 10.0 Å². The second-order valence-electron chi connectivity index (χ2n) is 4.78. The number of aliphatic hydroxyl groups is 1. The van der Waals surface area contributed by atoms with Crippen molar-refractivity contribution in [1.82, 2.24) is 4.72 Å². The van der Waals surface area contributed by atoms with E-state index in [1.165, 1.54) is 0 Å². The van der Waals surface area contributed by atoms with Crippen LogP contribution >= 0.6 is 0 Å². The Morgan fingerprint density at radius 2 is 2.10 bits per heavy atom. The second-order valence-corrected chi connectivity index (χ2v) is 6.51. The van der Waals surface area contributed by atoms with Gasteiger partial charge in [-0.2, -0.15) is 0 Å². The van der Waals surface area contributed by atoms with Crippen molar-refractivity contribution < 1.29 is 17.9 Å². The molecule has 1 aromatic rings. The van der Waals surface area contributed by atoms with Crippen LogP contribution in [0.1, 0.15) is 25.3 Å². The van der Waals surface area contributed by atoms with Crippen molar-refractivity contribution in [3.05, 3.63) is 23.5 Å². The summed E-state index contributed by atoms with van der Waals surface area (Å²) in [4.78, 5) is -0.445. The van der Waals surface area contributed by atoms with Crippen molar-refractivity contribution in [1.29, 1.82) is 0 Å². The lowest BCUT2D eigenvalue weighted by molar-refractivity contribution is 0.254. The largest absolute Gasteiger partial charge is 0.398 e. The fraction of sp³-hybridized carbons (Fsp3) is 0.538. The van der Waals surface area contributed by atoms with Crippen molar-refractivity contribution in [3.63, 3.8) is 0 Å². The minimum atomic E-state index is -3.94. The molecule has 0 aliphatic heterocycles. The van der Waals surface area contributed by atoms with E-state index >= 15 is 0 Å². The zero-order valence-electron chi connectivity index (χ0n) is 11.7. The molecule has 0 saturated carbocycles. The minimum Gasteiger partial charge on any atom is -0.398 e. The number of nitrogens with one attached hydrogen (secondary N) is 1. The van der Waals surface area contributed by atoms with E-state index in [2.05, 4.69) is 4.72 Å². The first kappa shape index (κ1) is 16.9. The molecule has 0 amide bonds. The molecular formula is C13H21FN2O3S. The molecule has 0 radical (unpaired) electrons. The number of benzene rings is 1. The van der Waals surface area contributed by atoms with E-state index in [-0.39, 0.29) is 24.8 Å². The molecule has 4 N–H and O–H groups in total. The van der Waals surface area contributed by atoms with Gasteiger partial charge in [0.2, 0.25) is 10.0 Å². The van der Waals surface area contributed by atoms with Gasteiger partial charge in [0.05, 0.1) is 0 Å². The van der Waals surface area contributed by atoms with Crippen LogP contribution in [0.3, 0.4) is 0 Å². The van der Waals surface area contributed by atoms with Gasteiger partial charge in [-0.05, 0) is 37.0 Å². The predicted octanol–water partition coefficient (Wildman–Crippen LogP) is 1.40. The lowest BCUT2D eigenvalue weighted by Gasteiger charge is -2.15. The van der Waals surface area contributed by atoms with E-state index in [9.17, 15) is 12.8 Å². The number of aliphatic hydroxyl groups excluding tert-OH is 1. The molecule has 1 atom stereocenters. The van der Waals surface area contributed by atoms with Gasteiger partial charge in [-0.15, -0.1) is 0 Å². The highest BCUT2D eigenvalue weighted by Gasteiger charge is 2.21. The number of nitrogens with two attached hydrogens (primary N) is 1. The van der Waals surface area contributed by atoms with Crippen LogP contribution in [0.4, 0.5) is 10.1 Å². The minimum absolute atomic E-state index is 0.00786. The molecule has 1 unspecified atom stereocenters. The Labute approximate surface area is 119 Å². The number of rotatable bonds is 7. The highest BCUT2D eigenvalue weighted by Crippen LogP contribution is 2.21. The van der Waals surface area contributed by atoms with Crippen LogP contribution in [0.25, 0.3) is 0 Å². The summed E-state index contributed by atoms with van der Waals surface area (Å²) in [6.07, 6.45) is 1.22. The topological polar surface area (TPSA) is 92.4 Å². The quantitative estimate of drug-likeness (QED) is 0.664. The first-order valence-electron chi connectivity index (χ1n) is 6.48. The zero-order valence-corrected chi connectivity index (χ0v) is 12.5. The highest BCUT2D eigenvalue weighted by molar-refractivity contribution is 7.89. The molecule has 0 heterocycles. The predicted molar refractivity (Wildman–Crippen MR) is 76.2 cm³/mol. The van der Waals surface area contributed by atoms with Crippen LogP contribution in [0.15, 0.2) is 17.0 Å². The third-order valence-corrected chi connectivity index (χ3v) is 4.73. The van der Waals surface area contributed by atoms with E-state index in [0.717, 1.165) is 18.6 Å². The summed E-state index contributed by atoms with van der Waals surface area (Å²) in [6, 6.07) is 2.23. The molecule has 0 aromatic heterocycles. The van der Waals surface area contributed by atoms with Crippen molar-refractivity contribution in [2.45, 2.75) is 31.6 Å². The summed E-state index contributed by atoms with van der Waals surface area (Å²) in [6.45, 7) is 3.66. The summed E-state index contributed by atoms with van der Waals surface area (Å²) in [5.74, 6) is -0.806. The fourth-order valence-electron chi connectivity index (χ4n) is 1.81. The first-order chi connectivity index (χ1) is 9.31. The Balaban J connectivity index is 2.92. The maximum absolute atomic E-state index is 13.8. The summed E-state index contributed by atoms with van der Waals surface area (Å²) in [5.41, 5.74) is 6.35. The van der Waals surface area contributed by atoms with E-state index in [1.807, 2.05) is 6.92 Å². The zero-order chi connectivity index (χ0) is 15.3. The second kappa shape index (κ2) is 7.01. The molecule has 0 aliphatic rings. The molecule has 0 bridgehead atoms. The number of nitrogen functional groups attached to an aromatic ring is 1. The standard InChI is InChI=1S/C13H21FN2O3S/c1-3-10(4-5-17)8-16-20(18,19)13-7-12(15)9(2)6-11(13)14/h6-7,10,16-17H,3-5,8,15H2,1-2H3. The molecule has 0 fully saturated rings. The van der Waals surface area contributed by atoms with Crippen molar-refractivity contribution in [2.75, 3.05) is 18.9 Å². The molecular weight excluding hydrogens is 283 g/mol. The van der Waals surface area contributed by atoms with Gasteiger partial charge in [0.25, 0.3) is 0 Å². The van der Waals surface area contributed by atoms with E-state index in [0.29, 0.717) is 12.0 Å². The molecule has 1 aromatic carbocycles. The van der Waals surface area contributed by atoms with Gasteiger partial charge in [-0.25, -0.2) is 17.5 Å². The van der Waals surface area contributed by atoms with Crippen LogP contribution in [0.5, 0.6) is 0 Å². The number of hydrogen-bond donors (Lipinski definition) is 3. The summed E-state index contributed by atoms with van der Waals surface area (Å²) in [5, 5.41) is 8.87. The van der Waals surface area contributed by atoms with Crippen LogP contribution in [0.2, 0.25) is 0 Å². The SMILES string of the molecule is CCC(CCO)CNS(=O)(=O)c1cc(N)c(C)cc1F. The molecule has 5 nitrogen and oxygen atoms in total. The summed E-state index contributed by atoms with van der Waals surface area (Å²) < 4.78 is 40.3. The Hall–Kier alpha value is -1.18. The van der Waals surface area contributed by atoms with Crippen molar-refractivity contribution >= 4 is 15.7 Å². The normalized spacial score (nSPS) is 13.4. The van der Waals surface area contributed by atoms with E-state index in [4.69, 9.17) is 10.8 Å². The molecule has 0 aliphatic carbocycles. The maximum Gasteiger partial charge on any atom is 0.243 e. The smallest absolute Gasteiger partial charge is 0.243 e. The third kappa shape index (κ3) is 4.16. The van der Waals surface area contributed by atoms with E-state index < -0.39 is 20.7 Å². The average molecular weight is 304 g/mol. The van der Waals surface area contributed by atoms with Gasteiger partial charge < -0.3 is 10.8 Å². The lowest BCUT2D eigenvalue weighted by atomic mass is 10.0. The van der Waals surface area contributed by atoms with Crippen molar-refractivity contribution in [3.8, 4) is 0 Å². The maximum atomic E-state index is 13.8. The number of hydrogen-bond acceptors (Lipinski definition) is 4. The summed E-state index contributed by atoms with van der Waals surface area (Å²) in [7, 11) is -3.94. The van der Waals surface area contributed by atoms with E-state index in [1.54, 1.807) is 6.92 Å². The molecule has 0 saturated heterocycles.